The van der Waals surface area contributed by atoms with Gasteiger partial charge in [-0.15, -0.1) is 0 Å². The van der Waals surface area contributed by atoms with Gasteiger partial charge in [0.25, 0.3) is 5.97 Å². The van der Waals surface area contributed by atoms with Gasteiger partial charge in [0.15, 0.2) is 10.5 Å². The van der Waals surface area contributed by atoms with Gasteiger partial charge in [0, 0.05) is 19.6 Å². The van der Waals surface area contributed by atoms with Crippen molar-refractivity contribution in [2.24, 2.45) is 0 Å². The van der Waals surface area contributed by atoms with Gasteiger partial charge in [0.05, 0.1) is 0 Å². The molecule has 0 aromatic heterocycles. The molecule has 0 spiro atoms. The zero-order valence-corrected chi connectivity index (χ0v) is 14.7. The second-order valence-electron chi connectivity index (χ2n) is 4.59. The number of aryl methyl sites for hydroxylation is 1. The summed E-state index contributed by atoms with van der Waals surface area (Å²) in [5.74, 6) is -1.05. The van der Waals surface area contributed by atoms with Gasteiger partial charge in [0.1, 0.15) is 5.82 Å². The lowest BCUT2D eigenvalue weighted by Gasteiger charge is -2.31. The fourth-order valence-electron chi connectivity index (χ4n) is 2.21. The lowest BCUT2D eigenvalue weighted by Crippen LogP contribution is -2.38. The minimum Gasteiger partial charge on any atom is -0.380 e. The lowest BCUT2D eigenvalue weighted by molar-refractivity contribution is -0.344. The molecule has 0 aliphatic heterocycles. The first-order valence-corrected chi connectivity index (χ1v) is 8.05. The Hall–Kier alpha value is -0.753. The number of rotatable bonds is 10. The summed E-state index contributed by atoms with van der Waals surface area (Å²) in [4.78, 5) is 0. The van der Waals surface area contributed by atoms with E-state index in [0.717, 1.165) is 24.8 Å². The van der Waals surface area contributed by atoms with Gasteiger partial charge in [-0.3, -0.25) is 0 Å². The predicted molar refractivity (Wildman–Crippen MR) is 81.0 cm³/mol. The summed E-state index contributed by atoms with van der Waals surface area (Å²) in [5.41, 5.74) is 1.02. The Morgan fingerprint density at radius 1 is 1.15 bits per heavy atom. The molecular weight excluding hydrogens is 275 g/mol. The number of hydrogen-bond donors (Lipinski definition) is 0. The fraction of sp³-hybridized carbons (Fsp3) is 0.600. The Balaban J connectivity index is 2.40. The van der Waals surface area contributed by atoms with Crippen LogP contribution in [0, 0.1) is 5.82 Å². The molecule has 0 aliphatic rings. The molecule has 0 radical (unpaired) electrons. The van der Waals surface area contributed by atoms with Gasteiger partial charge in [-0.2, -0.15) is 0 Å². The highest BCUT2D eigenvalue weighted by Crippen LogP contribution is 2.22. The Morgan fingerprint density at radius 2 is 1.85 bits per heavy atom. The van der Waals surface area contributed by atoms with Crippen molar-refractivity contribution in [2.45, 2.75) is 45.5 Å². The van der Waals surface area contributed by atoms with Crippen LogP contribution in [0.15, 0.2) is 24.3 Å². The molecule has 0 heterocycles. The first kappa shape index (κ1) is 17.3. The molecule has 0 atom stereocenters. The van der Waals surface area contributed by atoms with E-state index in [1.165, 1.54) is 6.07 Å². The summed E-state index contributed by atoms with van der Waals surface area (Å²) in [7, 11) is 0.568. The predicted octanol–water partition coefficient (Wildman–Crippen LogP) is 2.56. The highest BCUT2D eigenvalue weighted by atomic mass is 28.2. The van der Waals surface area contributed by atoms with Crippen molar-refractivity contribution in [2.75, 3.05) is 13.2 Å². The average molecular weight is 300 g/mol. The first-order valence-electron chi connectivity index (χ1n) is 7.23. The van der Waals surface area contributed by atoms with Gasteiger partial charge >= 0.3 is 0 Å². The molecule has 1 aromatic rings. The van der Waals surface area contributed by atoms with Gasteiger partial charge in [-0.25, -0.2) is 4.39 Å². The molecule has 5 heteroatoms. The number of ether oxygens (including phenoxy) is 2. The van der Waals surface area contributed by atoms with Gasteiger partial charge < -0.3 is 13.9 Å². The Bertz CT molecular complexity index is 381. The molecule has 1 rings (SSSR count). The molecule has 114 valence electrons. The summed E-state index contributed by atoms with van der Waals surface area (Å²) in [5, 5.41) is 0. The molecule has 0 unspecified atom stereocenters. The highest BCUT2D eigenvalue weighted by molar-refractivity contribution is 5.98. The summed E-state index contributed by atoms with van der Waals surface area (Å²) in [6.07, 6.45) is 3.43. The summed E-state index contributed by atoms with van der Waals surface area (Å²) in [6.45, 7) is 4.99. The van der Waals surface area contributed by atoms with E-state index >= 15 is 0 Å². The third-order valence-corrected chi connectivity index (χ3v) is 3.75. The molecule has 20 heavy (non-hydrogen) atoms. The van der Waals surface area contributed by atoms with E-state index in [-0.39, 0.29) is 5.82 Å². The van der Waals surface area contributed by atoms with E-state index in [1.54, 1.807) is 12.1 Å². The van der Waals surface area contributed by atoms with Crippen LogP contribution in [0.4, 0.5) is 4.39 Å². The van der Waals surface area contributed by atoms with Crippen LogP contribution in [-0.4, -0.2) is 29.7 Å². The van der Waals surface area contributed by atoms with Crippen molar-refractivity contribution in [3.8, 4) is 0 Å². The molecule has 0 saturated carbocycles. The fourth-order valence-corrected chi connectivity index (χ4v) is 2.65. The Morgan fingerprint density at radius 3 is 2.40 bits per heavy atom. The molecule has 0 saturated heterocycles. The van der Waals surface area contributed by atoms with Crippen LogP contribution in [0.1, 0.15) is 38.7 Å². The minimum atomic E-state index is -0.877. The summed E-state index contributed by atoms with van der Waals surface area (Å²) in [6, 6.07) is 6.75. The second-order valence-corrected chi connectivity index (χ2v) is 5.00. The van der Waals surface area contributed by atoms with Crippen LogP contribution in [-0.2, 0) is 20.3 Å². The van der Waals surface area contributed by atoms with E-state index in [0.29, 0.717) is 30.1 Å². The van der Waals surface area contributed by atoms with Crippen molar-refractivity contribution in [3.63, 3.8) is 0 Å². The van der Waals surface area contributed by atoms with Crippen LogP contribution in [0.25, 0.3) is 0 Å². The SMILES string of the molecule is CCOC(CCCCc1cccc(F)c1)(O[SiH3])OCC. The van der Waals surface area contributed by atoms with Crippen molar-refractivity contribution in [1.82, 2.24) is 0 Å². The monoisotopic (exact) mass is 300 g/mol. The van der Waals surface area contributed by atoms with Crippen LogP contribution in [0.3, 0.4) is 0 Å². The standard InChI is InChI=1S/C15H25FO3Si/c1-3-17-15(19-20,18-4-2)11-6-5-8-13-9-7-10-14(16)12-13/h7,9-10,12H,3-6,8,11H2,1-2,20H3. The summed E-state index contributed by atoms with van der Waals surface area (Å²) < 4.78 is 29.8. The molecule has 3 nitrogen and oxygen atoms in total. The maximum Gasteiger partial charge on any atom is 0.272 e. The lowest BCUT2D eigenvalue weighted by atomic mass is 10.1. The van der Waals surface area contributed by atoms with E-state index in [9.17, 15) is 4.39 Å². The first-order chi connectivity index (χ1) is 9.65. The quantitative estimate of drug-likeness (QED) is 0.378. The van der Waals surface area contributed by atoms with E-state index in [4.69, 9.17) is 13.9 Å². The highest BCUT2D eigenvalue weighted by Gasteiger charge is 2.29. The minimum absolute atomic E-state index is 0.177. The number of hydrogen-bond acceptors (Lipinski definition) is 3. The topological polar surface area (TPSA) is 27.7 Å². The van der Waals surface area contributed by atoms with Gasteiger partial charge in [0.2, 0.25) is 0 Å². The van der Waals surface area contributed by atoms with E-state index in [2.05, 4.69) is 0 Å². The van der Waals surface area contributed by atoms with Crippen LogP contribution in [0.5, 0.6) is 0 Å². The average Bonchev–Trinajstić information content (AvgIpc) is 2.44. The largest absolute Gasteiger partial charge is 0.380 e. The number of halogens is 1. The molecule has 0 amide bonds. The second kappa shape index (κ2) is 9.23. The van der Waals surface area contributed by atoms with Gasteiger partial charge in [-0.1, -0.05) is 12.1 Å². The smallest absolute Gasteiger partial charge is 0.272 e. The van der Waals surface area contributed by atoms with E-state index < -0.39 is 5.97 Å². The van der Waals surface area contributed by atoms with Crippen molar-refractivity contribution in [1.29, 1.82) is 0 Å². The van der Waals surface area contributed by atoms with Crippen molar-refractivity contribution < 1.29 is 18.3 Å². The normalized spacial score (nSPS) is 11.9. The molecule has 0 N–H and O–H groups in total. The molecule has 0 aliphatic carbocycles. The van der Waals surface area contributed by atoms with E-state index in [1.807, 2.05) is 19.9 Å². The maximum atomic E-state index is 13.1. The Kier molecular flexibility index (Phi) is 7.99. The van der Waals surface area contributed by atoms with Gasteiger partial charge in [-0.05, 0) is 50.8 Å². The maximum absolute atomic E-state index is 13.1. The number of benzene rings is 1. The zero-order valence-electron chi connectivity index (χ0n) is 12.7. The van der Waals surface area contributed by atoms with Crippen LogP contribution >= 0.6 is 0 Å². The molecule has 1 aromatic carbocycles. The molecule has 0 fully saturated rings. The zero-order chi connectivity index (χ0) is 14.8. The van der Waals surface area contributed by atoms with Crippen molar-refractivity contribution in [3.05, 3.63) is 35.6 Å². The summed E-state index contributed by atoms with van der Waals surface area (Å²) >= 11 is 0. The molecule has 0 bridgehead atoms. The van der Waals surface area contributed by atoms with Crippen LogP contribution in [0.2, 0.25) is 0 Å². The third kappa shape index (κ3) is 5.71. The molecular formula is C15H25FO3Si. The number of unbranched alkanes of at least 4 members (excludes halogenated alkanes) is 1. The Labute approximate surface area is 124 Å². The van der Waals surface area contributed by atoms with Crippen LogP contribution < -0.4 is 0 Å². The van der Waals surface area contributed by atoms with Crippen molar-refractivity contribution >= 4 is 10.5 Å². The third-order valence-electron chi connectivity index (χ3n) is 3.13.